The van der Waals surface area contributed by atoms with Crippen molar-refractivity contribution in [3.8, 4) is 17.2 Å². The lowest BCUT2D eigenvalue weighted by Gasteiger charge is -2.33. The molecule has 3 aromatic carbocycles. The molecule has 0 saturated heterocycles. The number of ether oxygens (including phenoxy) is 6. The number of nitrogens with one attached hydrogen (secondary N) is 1. The average molecular weight is 824 g/mol. The van der Waals surface area contributed by atoms with Gasteiger partial charge in [-0.2, -0.15) is 26.3 Å². The highest BCUT2D eigenvalue weighted by molar-refractivity contribution is 5.74. The summed E-state index contributed by atoms with van der Waals surface area (Å²) < 4.78 is 193. The summed E-state index contributed by atoms with van der Waals surface area (Å²) in [6.07, 6.45) is -2.56. The predicted octanol–water partition coefficient (Wildman–Crippen LogP) is 5.57. The van der Waals surface area contributed by atoms with Crippen LogP contribution in [0.15, 0.2) is 18.2 Å². The summed E-state index contributed by atoms with van der Waals surface area (Å²) in [5.74, 6) is -33.8. The predicted molar refractivity (Wildman–Crippen MR) is 159 cm³/mol. The van der Waals surface area contributed by atoms with Crippen LogP contribution in [0.4, 0.5) is 52.7 Å². The summed E-state index contributed by atoms with van der Waals surface area (Å²) in [4.78, 5) is 48.6. The second kappa shape index (κ2) is 20.0. The maximum Gasteiger partial charge on any atom is 0.313 e. The molecule has 3 rings (SSSR count). The number of benzene rings is 3. The van der Waals surface area contributed by atoms with Crippen LogP contribution in [-0.2, 0) is 33.4 Å². The quantitative estimate of drug-likeness (QED) is 0.0538. The van der Waals surface area contributed by atoms with Crippen molar-refractivity contribution in [2.45, 2.75) is 31.7 Å². The minimum absolute atomic E-state index is 0.140. The van der Waals surface area contributed by atoms with Crippen molar-refractivity contribution >= 4 is 23.8 Å². The zero-order chi connectivity index (χ0) is 41.9. The van der Waals surface area contributed by atoms with E-state index >= 15 is 0 Å². The lowest BCUT2D eigenvalue weighted by Crippen LogP contribution is -2.58. The second-order valence-electron chi connectivity index (χ2n) is 11.2. The number of carbonyl (C=O) groups excluding carboxylic acids is 4. The Morgan fingerprint density at radius 1 is 0.464 bits per heavy atom. The third kappa shape index (κ3) is 12.0. The van der Waals surface area contributed by atoms with Crippen LogP contribution >= 0.6 is 0 Å². The molecule has 0 heterocycles. The molecule has 0 bridgehead atoms. The number of hydrogen-bond acceptors (Lipinski definition) is 10. The Morgan fingerprint density at radius 2 is 0.696 bits per heavy atom. The number of carbonyl (C=O) groups is 4. The molecule has 1 amide bonds. The van der Waals surface area contributed by atoms with Crippen LogP contribution in [0, 0.1) is 69.8 Å². The topological polar surface area (TPSA) is 136 Å². The molecule has 0 aliphatic heterocycles. The van der Waals surface area contributed by atoms with Gasteiger partial charge in [-0.05, 0) is 0 Å². The Hall–Kier alpha value is -5.42. The summed E-state index contributed by atoms with van der Waals surface area (Å²) in [5.41, 5.74) is -1.89. The Balaban J connectivity index is 1.68. The molecule has 0 spiro atoms. The molecule has 0 radical (unpaired) electrons. The minimum atomic E-state index is -2.03. The van der Waals surface area contributed by atoms with Gasteiger partial charge in [0.15, 0.2) is 34.9 Å². The number of amides is 1. The van der Waals surface area contributed by atoms with E-state index in [0.717, 1.165) is 6.92 Å². The number of esters is 3. The van der Waals surface area contributed by atoms with Crippen molar-refractivity contribution in [3.05, 3.63) is 88.0 Å². The van der Waals surface area contributed by atoms with Crippen LogP contribution in [0.2, 0.25) is 0 Å². The Kier molecular flexibility index (Phi) is 16.0. The summed E-state index contributed by atoms with van der Waals surface area (Å²) in [6.45, 7) is -3.35. The fourth-order valence-corrected chi connectivity index (χ4v) is 4.29. The number of halogens is 12. The molecule has 56 heavy (non-hydrogen) atoms. The van der Waals surface area contributed by atoms with Gasteiger partial charge in [-0.25, -0.2) is 26.3 Å². The zero-order valence-electron chi connectivity index (χ0n) is 28.2. The van der Waals surface area contributed by atoms with E-state index in [1.165, 1.54) is 0 Å². The summed E-state index contributed by atoms with van der Waals surface area (Å²) in [5, 5.41) is 2.35. The largest absolute Gasteiger partial charge is 0.420 e. The lowest BCUT2D eigenvalue weighted by molar-refractivity contribution is -0.138. The standard InChI is InChI=1S/C33H25F12NO10/c1-14(47)46-33(11-51-5-2-21(48)54-30-24(40)15(34)8-16(35)25(30)41,12-52-6-3-22(49)55-31-26(42)17(36)9-18(37)27(31)43)13-53-7-4-23(50)56-32-28(44)19(38)10-20(39)29(32)45/h8-10H,2-7,11-13H2,1H3,(H,46,47). The van der Waals surface area contributed by atoms with Gasteiger partial charge in [-0.1, -0.05) is 0 Å². The van der Waals surface area contributed by atoms with Gasteiger partial charge in [-0.15, -0.1) is 0 Å². The summed E-state index contributed by atoms with van der Waals surface area (Å²) in [6, 6.07) is -0.419. The third-order valence-electron chi connectivity index (χ3n) is 6.79. The maximum atomic E-state index is 13.9. The second-order valence-corrected chi connectivity index (χ2v) is 11.2. The molecule has 0 unspecified atom stereocenters. The molecule has 0 fully saturated rings. The highest BCUT2D eigenvalue weighted by Gasteiger charge is 2.34. The fraction of sp³-hybridized carbons (Fsp3) is 0.333. The van der Waals surface area contributed by atoms with Crippen LogP contribution < -0.4 is 19.5 Å². The Labute approximate surface area is 306 Å². The van der Waals surface area contributed by atoms with Crippen molar-refractivity contribution in [2.24, 2.45) is 0 Å². The van der Waals surface area contributed by atoms with Gasteiger partial charge in [0.25, 0.3) is 0 Å². The van der Waals surface area contributed by atoms with Crippen LogP contribution in [0.1, 0.15) is 26.2 Å². The SMILES string of the molecule is CC(=O)NC(COCCC(=O)Oc1c(F)c(F)cc(F)c1F)(COCCC(=O)Oc1c(F)c(F)cc(F)c1F)COCCC(=O)Oc1c(F)c(F)cc(F)c1F. The third-order valence-corrected chi connectivity index (χ3v) is 6.79. The molecule has 0 saturated carbocycles. The highest BCUT2D eigenvalue weighted by atomic mass is 19.2. The molecular formula is C33H25F12NO10. The monoisotopic (exact) mass is 823 g/mol. The van der Waals surface area contributed by atoms with Gasteiger partial charge in [-0.3, -0.25) is 19.2 Å². The van der Waals surface area contributed by atoms with Crippen LogP contribution in [0.5, 0.6) is 17.2 Å². The Morgan fingerprint density at radius 3 is 0.911 bits per heavy atom. The smallest absolute Gasteiger partial charge is 0.313 e. The maximum absolute atomic E-state index is 13.9. The van der Waals surface area contributed by atoms with Crippen molar-refractivity contribution in [3.63, 3.8) is 0 Å². The molecule has 0 aliphatic rings. The van der Waals surface area contributed by atoms with Crippen LogP contribution in [0.3, 0.4) is 0 Å². The minimum Gasteiger partial charge on any atom is -0.420 e. The molecule has 0 atom stereocenters. The van der Waals surface area contributed by atoms with E-state index in [-0.39, 0.29) is 18.2 Å². The van der Waals surface area contributed by atoms with E-state index in [9.17, 15) is 71.9 Å². The van der Waals surface area contributed by atoms with E-state index in [1.54, 1.807) is 0 Å². The van der Waals surface area contributed by atoms with Gasteiger partial charge in [0.2, 0.25) is 58.1 Å². The first-order valence-corrected chi connectivity index (χ1v) is 15.4. The number of rotatable bonds is 19. The Bertz CT molecular complexity index is 1680. The van der Waals surface area contributed by atoms with E-state index < -0.39 is 175 Å². The van der Waals surface area contributed by atoms with Gasteiger partial charge in [0, 0.05) is 25.1 Å². The van der Waals surface area contributed by atoms with Crippen molar-refractivity contribution < 1.29 is 100 Å². The highest BCUT2D eigenvalue weighted by Crippen LogP contribution is 2.29. The average Bonchev–Trinajstić information content (AvgIpc) is 3.13. The molecule has 0 aromatic heterocycles. The molecular weight excluding hydrogens is 798 g/mol. The van der Waals surface area contributed by atoms with E-state index in [0.29, 0.717) is 0 Å². The summed E-state index contributed by atoms with van der Waals surface area (Å²) >= 11 is 0. The van der Waals surface area contributed by atoms with Gasteiger partial charge >= 0.3 is 17.9 Å². The molecule has 1 N–H and O–H groups in total. The van der Waals surface area contributed by atoms with Gasteiger partial charge in [0.05, 0.1) is 58.9 Å². The fourth-order valence-electron chi connectivity index (χ4n) is 4.29. The summed E-state index contributed by atoms with van der Waals surface area (Å²) in [7, 11) is 0. The normalized spacial score (nSPS) is 11.4. The number of hydrogen-bond donors (Lipinski definition) is 1. The van der Waals surface area contributed by atoms with Crippen molar-refractivity contribution in [1.29, 1.82) is 0 Å². The molecule has 0 aliphatic carbocycles. The van der Waals surface area contributed by atoms with Gasteiger partial charge in [0.1, 0.15) is 5.54 Å². The first-order valence-electron chi connectivity index (χ1n) is 15.4. The first-order chi connectivity index (χ1) is 26.3. The van der Waals surface area contributed by atoms with Crippen molar-refractivity contribution in [1.82, 2.24) is 5.32 Å². The van der Waals surface area contributed by atoms with Gasteiger partial charge < -0.3 is 33.7 Å². The van der Waals surface area contributed by atoms with Crippen LogP contribution in [0.25, 0.3) is 0 Å². The van der Waals surface area contributed by atoms with E-state index in [1.807, 2.05) is 0 Å². The molecule has 306 valence electrons. The van der Waals surface area contributed by atoms with E-state index in [4.69, 9.17) is 14.2 Å². The van der Waals surface area contributed by atoms with Crippen LogP contribution in [-0.4, -0.2) is 69.0 Å². The molecule has 11 nitrogen and oxygen atoms in total. The lowest BCUT2D eigenvalue weighted by atomic mass is 10.0. The molecule has 3 aromatic rings. The molecule has 23 heteroatoms. The van der Waals surface area contributed by atoms with E-state index in [2.05, 4.69) is 19.5 Å². The first kappa shape index (κ1) is 45.0. The van der Waals surface area contributed by atoms with Crippen molar-refractivity contribution in [2.75, 3.05) is 39.6 Å². The zero-order valence-corrected chi connectivity index (χ0v) is 28.2.